The van der Waals surface area contributed by atoms with E-state index in [9.17, 15) is 4.79 Å². The molecule has 0 saturated carbocycles. The molecule has 1 heterocycles. The molecule has 0 unspecified atom stereocenters. The zero-order valence-corrected chi connectivity index (χ0v) is 15.7. The molecule has 2 aromatic carbocycles. The van der Waals surface area contributed by atoms with Crippen molar-refractivity contribution in [1.82, 2.24) is 0 Å². The van der Waals surface area contributed by atoms with Gasteiger partial charge in [0.05, 0.1) is 15.6 Å². The number of hydrogen-bond acceptors (Lipinski definition) is 3. The van der Waals surface area contributed by atoms with Crippen LogP contribution in [0, 0.1) is 0 Å². The summed E-state index contributed by atoms with van der Waals surface area (Å²) in [7, 11) is 0. The molecule has 0 aliphatic heterocycles. The van der Waals surface area contributed by atoms with Crippen LogP contribution in [0.15, 0.2) is 54.6 Å². The standard InChI is InChI=1S/C21H20ClNOS/c1-2-14-7-9-15(10-8-14)11-12-16-13-18(21(23)25-16)20(24)17-5-3-4-6-19(17)22/h3-10,13H,2,11-12,23H2,1H3. The van der Waals surface area contributed by atoms with Crippen molar-refractivity contribution in [2.75, 3.05) is 5.73 Å². The highest BCUT2D eigenvalue weighted by atomic mass is 35.5. The van der Waals surface area contributed by atoms with E-state index >= 15 is 0 Å². The van der Waals surface area contributed by atoms with E-state index in [0.717, 1.165) is 24.1 Å². The summed E-state index contributed by atoms with van der Waals surface area (Å²) in [4.78, 5) is 13.8. The van der Waals surface area contributed by atoms with Crippen LogP contribution in [0.5, 0.6) is 0 Å². The molecule has 0 aliphatic rings. The maximum atomic E-state index is 12.7. The molecule has 0 aliphatic carbocycles. The van der Waals surface area contributed by atoms with Crippen molar-refractivity contribution in [3.8, 4) is 0 Å². The van der Waals surface area contributed by atoms with Gasteiger partial charge in [-0.2, -0.15) is 0 Å². The molecule has 128 valence electrons. The van der Waals surface area contributed by atoms with Crippen molar-refractivity contribution in [3.05, 3.63) is 86.8 Å². The van der Waals surface area contributed by atoms with Gasteiger partial charge in [0.1, 0.15) is 0 Å². The van der Waals surface area contributed by atoms with E-state index in [-0.39, 0.29) is 5.78 Å². The minimum atomic E-state index is -0.113. The monoisotopic (exact) mass is 369 g/mol. The molecule has 0 spiro atoms. The van der Waals surface area contributed by atoms with Gasteiger partial charge >= 0.3 is 0 Å². The van der Waals surface area contributed by atoms with Crippen molar-refractivity contribution in [2.45, 2.75) is 26.2 Å². The quantitative estimate of drug-likeness (QED) is 0.578. The number of rotatable bonds is 6. The minimum absolute atomic E-state index is 0.113. The molecule has 1 aromatic heterocycles. The van der Waals surface area contributed by atoms with Crippen molar-refractivity contribution in [3.63, 3.8) is 0 Å². The summed E-state index contributed by atoms with van der Waals surface area (Å²) in [5, 5.41) is 1.01. The third-order valence-corrected chi connectivity index (χ3v) is 5.62. The molecule has 3 rings (SSSR count). The summed E-state index contributed by atoms with van der Waals surface area (Å²) in [6, 6.07) is 17.7. The topological polar surface area (TPSA) is 43.1 Å². The fraction of sp³-hybridized carbons (Fsp3) is 0.190. The first-order chi connectivity index (χ1) is 12.1. The van der Waals surface area contributed by atoms with Gasteiger partial charge in [-0.1, -0.05) is 54.9 Å². The van der Waals surface area contributed by atoms with Gasteiger partial charge in [-0.15, -0.1) is 11.3 Å². The zero-order chi connectivity index (χ0) is 17.8. The van der Waals surface area contributed by atoms with Crippen molar-refractivity contribution in [1.29, 1.82) is 0 Å². The Labute approximate surface area is 157 Å². The molecule has 0 bridgehead atoms. The van der Waals surface area contributed by atoms with E-state index in [1.54, 1.807) is 12.1 Å². The summed E-state index contributed by atoms with van der Waals surface area (Å²) in [5.74, 6) is -0.113. The van der Waals surface area contributed by atoms with Gasteiger partial charge < -0.3 is 5.73 Å². The number of ketones is 1. The molecule has 0 atom stereocenters. The van der Waals surface area contributed by atoms with Crippen LogP contribution in [0.1, 0.15) is 38.8 Å². The Kier molecular flexibility index (Phi) is 5.57. The van der Waals surface area contributed by atoms with E-state index in [1.807, 2.05) is 18.2 Å². The van der Waals surface area contributed by atoms with Gasteiger partial charge in [0.25, 0.3) is 0 Å². The number of aryl methyl sites for hydroxylation is 3. The second-order valence-corrected chi connectivity index (χ2v) is 7.55. The van der Waals surface area contributed by atoms with Crippen LogP contribution in [0.3, 0.4) is 0 Å². The van der Waals surface area contributed by atoms with Crippen LogP contribution in [-0.4, -0.2) is 5.78 Å². The molecular formula is C21H20ClNOS. The lowest BCUT2D eigenvalue weighted by atomic mass is 10.0. The fourth-order valence-electron chi connectivity index (χ4n) is 2.76. The number of hydrogen-bond donors (Lipinski definition) is 1. The summed E-state index contributed by atoms with van der Waals surface area (Å²) in [6.45, 7) is 2.15. The van der Waals surface area contributed by atoms with Gasteiger partial charge in [0, 0.05) is 10.4 Å². The SMILES string of the molecule is CCc1ccc(CCc2cc(C(=O)c3ccccc3Cl)c(N)s2)cc1. The smallest absolute Gasteiger partial charge is 0.197 e. The van der Waals surface area contributed by atoms with E-state index in [0.29, 0.717) is 21.2 Å². The first kappa shape index (κ1) is 17.7. The number of halogens is 1. The Bertz CT molecular complexity index is 883. The molecule has 0 amide bonds. The molecule has 0 fully saturated rings. The fourth-order valence-corrected chi connectivity index (χ4v) is 3.90. The molecule has 3 aromatic rings. The minimum Gasteiger partial charge on any atom is -0.390 e. The van der Waals surface area contributed by atoms with Crippen LogP contribution >= 0.6 is 22.9 Å². The third-order valence-electron chi connectivity index (χ3n) is 4.27. The Hall–Kier alpha value is -2.10. The predicted octanol–water partition coefficient (Wildman–Crippen LogP) is 5.56. The van der Waals surface area contributed by atoms with Gasteiger partial charge in [-0.25, -0.2) is 0 Å². The maximum absolute atomic E-state index is 12.7. The highest BCUT2D eigenvalue weighted by Gasteiger charge is 2.18. The first-order valence-electron chi connectivity index (χ1n) is 8.33. The largest absolute Gasteiger partial charge is 0.390 e. The zero-order valence-electron chi connectivity index (χ0n) is 14.1. The summed E-state index contributed by atoms with van der Waals surface area (Å²) < 4.78 is 0. The highest BCUT2D eigenvalue weighted by molar-refractivity contribution is 7.16. The average Bonchev–Trinajstić information content (AvgIpc) is 3.01. The van der Waals surface area contributed by atoms with Crippen LogP contribution in [0.2, 0.25) is 5.02 Å². The Morgan fingerprint density at radius 2 is 1.68 bits per heavy atom. The molecule has 4 heteroatoms. The molecule has 0 radical (unpaired) electrons. The lowest BCUT2D eigenvalue weighted by Gasteiger charge is -2.02. The highest BCUT2D eigenvalue weighted by Crippen LogP contribution is 2.30. The Morgan fingerprint density at radius 3 is 2.36 bits per heavy atom. The van der Waals surface area contributed by atoms with Crippen LogP contribution in [0.25, 0.3) is 0 Å². The van der Waals surface area contributed by atoms with Crippen LogP contribution in [0.4, 0.5) is 5.00 Å². The number of nitrogens with two attached hydrogens (primary N) is 1. The van der Waals surface area contributed by atoms with Crippen LogP contribution in [-0.2, 0) is 19.3 Å². The molecular weight excluding hydrogens is 350 g/mol. The number of nitrogen functional groups attached to an aromatic ring is 1. The number of carbonyl (C=O) groups excluding carboxylic acids is 1. The molecule has 2 N–H and O–H groups in total. The Balaban J connectivity index is 1.73. The lowest BCUT2D eigenvalue weighted by molar-refractivity contribution is 0.104. The van der Waals surface area contributed by atoms with Gasteiger partial charge in [-0.3, -0.25) is 4.79 Å². The summed E-state index contributed by atoms with van der Waals surface area (Å²) in [5.41, 5.74) is 9.78. The van der Waals surface area contributed by atoms with Crippen molar-refractivity contribution in [2.24, 2.45) is 0 Å². The second kappa shape index (κ2) is 7.85. The van der Waals surface area contributed by atoms with Gasteiger partial charge in [0.2, 0.25) is 0 Å². The Morgan fingerprint density at radius 1 is 1.00 bits per heavy atom. The normalized spacial score (nSPS) is 10.8. The number of benzene rings is 2. The van der Waals surface area contributed by atoms with Crippen LogP contribution < -0.4 is 5.73 Å². The number of thiophene rings is 1. The van der Waals surface area contributed by atoms with E-state index < -0.39 is 0 Å². The average molecular weight is 370 g/mol. The molecule has 25 heavy (non-hydrogen) atoms. The molecule has 0 saturated heterocycles. The van der Waals surface area contributed by atoms with Crippen molar-refractivity contribution < 1.29 is 4.79 Å². The predicted molar refractivity (Wildman–Crippen MR) is 107 cm³/mol. The third kappa shape index (κ3) is 4.12. The lowest BCUT2D eigenvalue weighted by Crippen LogP contribution is -2.03. The van der Waals surface area contributed by atoms with E-state index in [4.69, 9.17) is 17.3 Å². The number of anilines is 1. The van der Waals surface area contributed by atoms with Gasteiger partial charge in [0.15, 0.2) is 5.78 Å². The van der Waals surface area contributed by atoms with Gasteiger partial charge in [-0.05, 0) is 48.6 Å². The molecule has 2 nitrogen and oxygen atoms in total. The number of carbonyl (C=O) groups is 1. The summed E-state index contributed by atoms with van der Waals surface area (Å²) in [6.07, 6.45) is 2.86. The van der Waals surface area contributed by atoms with E-state index in [2.05, 4.69) is 31.2 Å². The summed E-state index contributed by atoms with van der Waals surface area (Å²) >= 11 is 7.62. The second-order valence-electron chi connectivity index (χ2n) is 5.97. The van der Waals surface area contributed by atoms with E-state index in [1.165, 1.54) is 22.5 Å². The maximum Gasteiger partial charge on any atom is 0.197 e. The van der Waals surface area contributed by atoms with Crippen molar-refractivity contribution >= 4 is 33.7 Å². The first-order valence-corrected chi connectivity index (χ1v) is 9.53.